The minimum atomic E-state index is -0.448. The van der Waals surface area contributed by atoms with Crippen LogP contribution in [0.3, 0.4) is 0 Å². The van der Waals surface area contributed by atoms with Gasteiger partial charge in [0.15, 0.2) is 0 Å². The van der Waals surface area contributed by atoms with Crippen molar-refractivity contribution in [2.24, 2.45) is 0 Å². The number of carbonyl (C=O) groups is 1. The molecule has 2 heterocycles. The summed E-state index contributed by atoms with van der Waals surface area (Å²) in [6.45, 7) is 4.15. The van der Waals surface area contributed by atoms with Crippen LogP contribution < -0.4 is 10.2 Å². The number of aromatic nitrogens is 1. The molecule has 1 fully saturated rings. The van der Waals surface area contributed by atoms with E-state index in [1.807, 2.05) is 18.2 Å². The molecule has 1 aliphatic rings. The van der Waals surface area contributed by atoms with Crippen LogP contribution >= 0.6 is 0 Å². The minimum Gasteiger partial charge on any atom is -0.353 e. The Bertz CT molecular complexity index is 773. The first-order valence-electron chi connectivity index (χ1n) is 8.02. The largest absolute Gasteiger partial charge is 0.353 e. The third kappa shape index (κ3) is 3.68. The normalized spacial score (nSPS) is 14.3. The van der Waals surface area contributed by atoms with Gasteiger partial charge in [-0.3, -0.25) is 10.1 Å². The molecule has 2 aromatic rings. The first-order chi connectivity index (χ1) is 12.1. The molecule has 8 heteroatoms. The van der Waals surface area contributed by atoms with E-state index in [1.165, 1.54) is 6.07 Å². The van der Waals surface area contributed by atoms with Gasteiger partial charge in [-0.05, 0) is 25.1 Å². The van der Waals surface area contributed by atoms with Crippen molar-refractivity contribution >= 4 is 23.2 Å². The maximum Gasteiger partial charge on any atom is 0.321 e. The highest BCUT2D eigenvalue weighted by molar-refractivity contribution is 5.91. The predicted molar refractivity (Wildman–Crippen MR) is 94.9 cm³/mol. The number of piperazine rings is 1. The minimum absolute atomic E-state index is 0.00206. The molecule has 3 rings (SSSR count). The number of nitrogens with one attached hydrogen (secondary N) is 1. The molecule has 0 unspecified atom stereocenters. The van der Waals surface area contributed by atoms with Gasteiger partial charge in [-0.1, -0.05) is 12.1 Å². The predicted octanol–water partition coefficient (Wildman–Crippen LogP) is 2.65. The molecule has 1 N–H and O–H groups in total. The summed E-state index contributed by atoms with van der Waals surface area (Å²) in [6, 6.07) is 10.2. The molecule has 0 spiro atoms. The van der Waals surface area contributed by atoms with Crippen LogP contribution in [0.15, 0.2) is 42.6 Å². The molecule has 0 saturated carbocycles. The number of rotatable bonds is 3. The van der Waals surface area contributed by atoms with Crippen molar-refractivity contribution in [3.05, 3.63) is 58.3 Å². The van der Waals surface area contributed by atoms with E-state index in [-0.39, 0.29) is 11.7 Å². The molecular weight excluding hydrogens is 322 g/mol. The van der Waals surface area contributed by atoms with E-state index in [4.69, 9.17) is 0 Å². The first-order valence-corrected chi connectivity index (χ1v) is 8.02. The summed E-state index contributed by atoms with van der Waals surface area (Å²) in [5, 5.41) is 13.8. The molecule has 0 aliphatic carbocycles. The van der Waals surface area contributed by atoms with Crippen molar-refractivity contribution < 1.29 is 9.72 Å². The summed E-state index contributed by atoms with van der Waals surface area (Å²) < 4.78 is 0. The number of pyridine rings is 1. The van der Waals surface area contributed by atoms with Crippen LogP contribution in [0.1, 0.15) is 5.56 Å². The number of hydrogen-bond acceptors (Lipinski definition) is 5. The number of nitrogens with zero attached hydrogens (tertiary/aromatic N) is 4. The van der Waals surface area contributed by atoms with Crippen molar-refractivity contribution in [1.82, 2.24) is 9.88 Å². The van der Waals surface area contributed by atoms with Crippen LogP contribution in [0, 0.1) is 17.0 Å². The third-order valence-corrected chi connectivity index (χ3v) is 4.28. The number of hydrogen-bond donors (Lipinski definition) is 1. The van der Waals surface area contributed by atoms with E-state index in [2.05, 4.69) is 15.2 Å². The lowest BCUT2D eigenvalue weighted by Crippen LogP contribution is -2.50. The Morgan fingerprint density at radius 3 is 2.56 bits per heavy atom. The van der Waals surface area contributed by atoms with Gasteiger partial charge >= 0.3 is 6.03 Å². The second kappa shape index (κ2) is 7.16. The van der Waals surface area contributed by atoms with Crippen LogP contribution in [0.25, 0.3) is 0 Å². The molecule has 0 atom stereocenters. The molecule has 0 bridgehead atoms. The van der Waals surface area contributed by atoms with Gasteiger partial charge in [-0.2, -0.15) is 0 Å². The number of carbonyl (C=O) groups excluding carboxylic acids is 1. The van der Waals surface area contributed by atoms with Gasteiger partial charge in [0.1, 0.15) is 5.82 Å². The second-order valence-electron chi connectivity index (χ2n) is 5.80. The molecule has 8 nitrogen and oxygen atoms in total. The SMILES string of the molecule is Cc1c(NC(=O)N2CCN(c3ccccn3)CC2)cccc1[N+](=O)[O-]. The van der Waals surface area contributed by atoms with Gasteiger partial charge in [0.05, 0.1) is 16.2 Å². The van der Waals surface area contributed by atoms with Gasteiger partial charge in [-0.25, -0.2) is 9.78 Å². The van der Waals surface area contributed by atoms with Crippen molar-refractivity contribution in [2.45, 2.75) is 6.92 Å². The highest BCUT2D eigenvalue weighted by Gasteiger charge is 2.23. The average molecular weight is 341 g/mol. The zero-order valence-corrected chi connectivity index (χ0v) is 13.9. The standard InChI is InChI=1S/C17H19N5O3/c1-13-14(5-4-6-15(13)22(24)25)19-17(23)21-11-9-20(10-12-21)16-7-2-3-8-18-16/h2-8H,9-12H2,1H3,(H,19,23). The third-order valence-electron chi connectivity index (χ3n) is 4.28. The van der Waals surface area contributed by atoms with Crippen LogP contribution in [0.2, 0.25) is 0 Å². The number of urea groups is 1. The lowest BCUT2D eigenvalue weighted by molar-refractivity contribution is -0.385. The topological polar surface area (TPSA) is 91.6 Å². The van der Waals surface area contributed by atoms with E-state index in [0.29, 0.717) is 37.4 Å². The molecule has 25 heavy (non-hydrogen) atoms. The highest BCUT2D eigenvalue weighted by atomic mass is 16.6. The lowest BCUT2D eigenvalue weighted by atomic mass is 10.1. The number of nitro groups is 1. The zero-order valence-electron chi connectivity index (χ0n) is 13.9. The van der Waals surface area contributed by atoms with Crippen molar-refractivity contribution in [3.8, 4) is 0 Å². The molecule has 2 amide bonds. The number of benzene rings is 1. The second-order valence-corrected chi connectivity index (χ2v) is 5.80. The molecule has 130 valence electrons. The van der Waals surface area contributed by atoms with E-state index in [1.54, 1.807) is 30.2 Å². The van der Waals surface area contributed by atoms with E-state index in [0.717, 1.165) is 5.82 Å². The summed E-state index contributed by atoms with van der Waals surface area (Å²) in [5.74, 6) is 0.900. The van der Waals surface area contributed by atoms with Gasteiger partial charge in [0, 0.05) is 38.4 Å². The summed E-state index contributed by atoms with van der Waals surface area (Å²) in [4.78, 5) is 31.2. The van der Waals surface area contributed by atoms with Crippen LogP contribution in [-0.2, 0) is 0 Å². The summed E-state index contributed by atoms with van der Waals surface area (Å²) in [7, 11) is 0. The Labute approximate surface area is 145 Å². The monoisotopic (exact) mass is 341 g/mol. The maximum absolute atomic E-state index is 12.5. The molecule has 1 aromatic heterocycles. The average Bonchev–Trinajstić information content (AvgIpc) is 2.64. The van der Waals surface area contributed by atoms with Crippen LogP contribution in [0.4, 0.5) is 22.0 Å². The molecular formula is C17H19N5O3. The molecule has 0 radical (unpaired) electrons. The Morgan fingerprint density at radius 1 is 1.16 bits per heavy atom. The van der Waals surface area contributed by atoms with Gasteiger partial charge < -0.3 is 15.1 Å². The Kier molecular flexibility index (Phi) is 4.78. The quantitative estimate of drug-likeness (QED) is 0.684. The Morgan fingerprint density at radius 2 is 1.92 bits per heavy atom. The fraction of sp³-hybridized carbons (Fsp3) is 0.294. The number of nitro benzene ring substituents is 1. The van der Waals surface area contributed by atoms with Gasteiger partial charge in [0.2, 0.25) is 0 Å². The summed E-state index contributed by atoms with van der Waals surface area (Å²) in [5.41, 5.74) is 0.914. The highest BCUT2D eigenvalue weighted by Crippen LogP contribution is 2.25. The molecule has 1 aliphatic heterocycles. The summed E-state index contributed by atoms with van der Waals surface area (Å²) >= 11 is 0. The molecule has 1 saturated heterocycles. The van der Waals surface area contributed by atoms with Crippen LogP contribution in [0.5, 0.6) is 0 Å². The van der Waals surface area contributed by atoms with E-state index < -0.39 is 4.92 Å². The number of anilines is 2. The Hall–Kier alpha value is -3.16. The fourth-order valence-corrected chi connectivity index (χ4v) is 2.83. The van der Waals surface area contributed by atoms with Gasteiger partial charge in [-0.15, -0.1) is 0 Å². The number of amides is 2. The van der Waals surface area contributed by atoms with Crippen molar-refractivity contribution in [2.75, 3.05) is 36.4 Å². The van der Waals surface area contributed by atoms with Crippen molar-refractivity contribution in [1.29, 1.82) is 0 Å². The fourth-order valence-electron chi connectivity index (χ4n) is 2.83. The maximum atomic E-state index is 12.5. The Balaban J connectivity index is 1.62. The smallest absolute Gasteiger partial charge is 0.321 e. The zero-order chi connectivity index (χ0) is 17.8. The first kappa shape index (κ1) is 16.7. The van der Waals surface area contributed by atoms with Gasteiger partial charge in [0.25, 0.3) is 5.69 Å². The lowest BCUT2D eigenvalue weighted by Gasteiger charge is -2.35. The van der Waals surface area contributed by atoms with E-state index >= 15 is 0 Å². The van der Waals surface area contributed by atoms with E-state index in [9.17, 15) is 14.9 Å². The molecule has 1 aromatic carbocycles. The van der Waals surface area contributed by atoms with Crippen LogP contribution in [-0.4, -0.2) is 47.0 Å². The van der Waals surface area contributed by atoms with Crippen molar-refractivity contribution in [3.63, 3.8) is 0 Å². The summed E-state index contributed by atoms with van der Waals surface area (Å²) in [6.07, 6.45) is 1.75.